The molecule has 3 nitrogen and oxygen atoms in total. The lowest BCUT2D eigenvalue weighted by atomic mass is 9.91. The lowest BCUT2D eigenvalue weighted by Gasteiger charge is -2.37. The van der Waals surface area contributed by atoms with Crippen LogP contribution in [0.15, 0.2) is 0 Å². The number of unbranched alkanes of at least 4 members (excludes halogenated alkanes) is 1. The Labute approximate surface area is 100.0 Å². The van der Waals surface area contributed by atoms with Gasteiger partial charge in [0, 0.05) is 24.3 Å². The highest BCUT2D eigenvalue weighted by atomic mass is 79.9. The molecule has 0 saturated heterocycles. The van der Waals surface area contributed by atoms with Gasteiger partial charge in [-0.05, 0) is 32.1 Å². The zero-order valence-electron chi connectivity index (χ0n) is 9.12. The quantitative estimate of drug-likeness (QED) is 0.571. The fourth-order valence-electron chi connectivity index (χ4n) is 1.83. The van der Waals surface area contributed by atoms with Crippen molar-refractivity contribution in [3.8, 4) is 0 Å². The molecule has 1 amide bonds. The zero-order valence-corrected chi connectivity index (χ0v) is 10.7. The number of hydrogen-bond donors (Lipinski definition) is 1. The number of hydrogen-bond acceptors (Lipinski definition) is 2. The number of nitrogens with zero attached hydrogens (tertiary/aromatic N) is 1. The second-order valence-electron chi connectivity index (χ2n) is 4.04. The van der Waals surface area contributed by atoms with E-state index in [1.165, 1.54) is 6.42 Å². The highest BCUT2D eigenvalue weighted by molar-refractivity contribution is 9.09. The highest BCUT2D eigenvalue weighted by Crippen LogP contribution is 2.25. The fraction of sp³-hybridized carbons (Fsp3) is 0.909. The highest BCUT2D eigenvalue weighted by Gasteiger charge is 2.27. The maximum absolute atomic E-state index is 11.8. The van der Waals surface area contributed by atoms with Crippen molar-refractivity contribution in [1.29, 1.82) is 0 Å². The molecular formula is C11H20BrNO2. The van der Waals surface area contributed by atoms with Crippen molar-refractivity contribution >= 4 is 21.8 Å². The minimum absolute atomic E-state index is 0.0840. The van der Waals surface area contributed by atoms with Gasteiger partial charge in [-0.1, -0.05) is 15.9 Å². The summed E-state index contributed by atoms with van der Waals surface area (Å²) < 4.78 is 0. The molecule has 1 rings (SSSR count). The minimum atomic E-state index is 0.0840. The van der Waals surface area contributed by atoms with Crippen LogP contribution in [0.3, 0.4) is 0 Å². The molecule has 0 aromatic rings. The smallest absolute Gasteiger partial charge is 0.222 e. The third kappa shape index (κ3) is 4.11. The summed E-state index contributed by atoms with van der Waals surface area (Å²) in [7, 11) is 0. The monoisotopic (exact) mass is 277 g/mol. The van der Waals surface area contributed by atoms with Crippen molar-refractivity contribution in [3.05, 3.63) is 0 Å². The van der Waals surface area contributed by atoms with Crippen LogP contribution in [-0.2, 0) is 4.79 Å². The van der Waals surface area contributed by atoms with Crippen molar-refractivity contribution in [1.82, 2.24) is 4.90 Å². The van der Waals surface area contributed by atoms with E-state index in [-0.39, 0.29) is 12.5 Å². The Kier molecular flexibility index (Phi) is 6.25. The van der Waals surface area contributed by atoms with Crippen molar-refractivity contribution in [2.45, 2.75) is 44.6 Å². The summed E-state index contributed by atoms with van der Waals surface area (Å²) in [5.41, 5.74) is 0. The summed E-state index contributed by atoms with van der Waals surface area (Å²) in [5.74, 6) is 0.217. The molecule has 1 saturated carbocycles. The Morgan fingerprint density at radius 2 is 2.13 bits per heavy atom. The van der Waals surface area contributed by atoms with Crippen molar-refractivity contribution in [3.63, 3.8) is 0 Å². The van der Waals surface area contributed by atoms with E-state index in [1.54, 1.807) is 0 Å². The summed E-state index contributed by atoms with van der Waals surface area (Å²) >= 11 is 3.36. The Bertz CT molecular complexity index is 195. The van der Waals surface area contributed by atoms with Gasteiger partial charge in [-0.25, -0.2) is 0 Å². The van der Waals surface area contributed by atoms with Crippen LogP contribution in [-0.4, -0.2) is 40.4 Å². The van der Waals surface area contributed by atoms with E-state index < -0.39 is 0 Å². The number of alkyl halides is 1. The summed E-state index contributed by atoms with van der Waals surface area (Å²) in [6, 6.07) is 0.411. The fourth-order valence-corrected chi connectivity index (χ4v) is 2.23. The van der Waals surface area contributed by atoms with Crippen LogP contribution in [0.25, 0.3) is 0 Å². The first-order valence-corrected chi connectivity index (χ1v) is 6.88. The third-order valence-corrected chi connectivity index (χ3v) is 3.51. The second-order valence-corrected chi connectivity index (χ2v) is 4.83. The van der Waals surface area contributed by atoms with Gasteiger partial charge >= 0.3 is 0 Å². The molecular weight excluding hydrogens is 258 g/mol. The van der Waals surface area contributed by atoms with Gasteiger partial charge in [0.1, 0.15) is 0 Å². The van der Waals surface area contributed by atoms with Crippen LogP contribution in [0, 0.1) is 0 Å². The molecule has 15 heavy (non-hydrogen) atoms. The van der Waals surface area contributed by atoms with Gasteiger partial charge in [0.2, 0.25) is 5.91 Å². The molecule has 0 atom stereocenters. The molecule has 0 radical (unpaired) electrons. The normalized spacial score (nSPS) is 16.1. The second kappa shape index (κ2) is 7.23. The maximum Gasteiger partial charge on any atom is 0.222 e. The van der Waals surface area contributed by atoms with Crippen LogP contribution < -0.4 is 0 Å². The topological polar surface area (TPSA) is 40.5 Å². The van der Waals surface area contributed by atoms with Crippen LogP contribution in [0.4, 0.5) is 0 Å². The van der Waals surface area contributed by atoms with E-state index >= 15 is 0 Å². The summed E-state index contributed by atoms with van der Waals surface area (Å²) in [4.78, 5) is 13.7. The van der Waals surface area contributed by atoms with Gasteiger partial charge in [0.25, 0.3) is 0 Å². The first-order chi connectivity index (χ1) is 7.29. The number of aliphatic hydroxyl groups excluding tert-OH is 1. The van der Waals surface area contributed by atoms with E-state index in [4.69, 9.17) is 5.11 Å². The van der Waals surface area contributed by atoms with Crippen LogP contribution in [0.5, 0.6) is 0 Å². The molecule has 1 aliphatic carbocycles. The molecule has 0 heterocycles. The molecule has 1 aliphatic rings. The number of carbonyl (C=O) groups excluding carboxylic acids is 1. The third-order valence-electron chi connectivity index (χ3n) is 2.95. The van der Waals surface area contributed by atoms with Gasteiger partial charge in [0.15, 0.2) is 0 Å². The van der Waals surface area contributed by atoms with Crippen molar-refractivity contribution in [2.24, 2.45) is 0 Å². The van der Waals surface area contributed by atoms with E-state index in [0.29, 0.717) is 19.0 Å². The molecule has 0 aromatic carbocycles. The standard InChI is InChI=1S/C11H20BrNO2/c12-7-2-1-6-11(15)13(8-9-14)10-4-3-5-10/h10,14H,1-9H2. The number of rotatable bonds is 7. The average molecular weight is 278 g/mol. The number of aliphatic hydroxyl groups is 1. The Morgan fingerprint density at radius 3 is 2.60 bits per heavy atom. The van der Waals surface area contributed by atoms with Gasteiger partial charge in [-0.3, -0.25) is 4.79 Å². The summed E-state index contributed by atoms with van der Waals surface area (Å²) in [6.45, 7) is 0.596. The van der Waals surface area contributed by atoms with E-state index in [9.17, 15) is 4.79 Å². The summed E-state index contributed by atoms with van der Waals surface area (Å²) in [5, 5.41) is 9.89. The van der Waals surface area contributed by atoms with E-state index in [0.717, 1.165) is 31.0 Å². The molecule has 4 heteroatoms. The molecule has 1 N–H and O–H groups in total. The lowest BCUT2D eigenvalue weighted by Crippen LogP contribution is -2.45. The molecule has 1 fully saturated rings. The average Bonchev–Trinajstić information content (AvgIpc) is 2.14. The first-order valence-electron chi connectivity index (χ1n) is 5.76. The van der Waals surface area contributed by atoms with Crippen LogP contribution in [0.1, 0.15) is 38.5 Å². The van der Waals surface area contributed by atoms with Gasteiger partial charge < -0.3 is 10.0 Å². The van der Waals surface area contributed by atoms with Crippen molar-refractivity contribution in [2.75, 3.05) is 18.5 Å². The number of carbonyl (C=O) groups is 1. The molecule has 0 unspecified atom stereocenters. The minimum Gasteiger partial charge on any atom is -0.395 e. The van der Waals surface area contributed by atoms with Gasteiger partial charge in [-0.15, -0.1) is 0 Å². The molecule has 88 valence electrons. The van der Waals surface area contributed by atoms with Crippen LogP contribution >= 0.6 is 15.9 Å². The lowest BCUT2D eigenvalue weighted by molar-refractivity contribution is -0.136. The zero-order chi connectivity index (χ0) is 11.1. The molecule has 0 bridgehead atoms. The molecule has 0 aliphatic heterocycles. The predicted octanol–water partition coefficient (Wildman–Crippen LogP) is 1.93. The first kappa shape index (κ1) is 13.0. The van der Waals surface area contributed by atoms with Gasteiger partial charge in [0.05, 0.1) is 6.61 Å². The summed E-state index contributed by atoms with van der Waals surface area (Å²) in [6.07, 6.45) is 6.07. The SMILES string of the molecule is O=C(CCCCBr)N(CCO)C1CCC1. The molecule has 0 aromatic heterocycles. The molecule has 0 spiro atoms. The van der Waals surface area contributed by atoms with Crippen molar-refractivity contribution < 1.29 is 9.90 Å². The van der Waals surface area contributed by atoms with E-state index in [2.05, 4.69) is 15.9 Å². The maximum atomic E-state index is 11.8. The number of halogens is 1. The Morgan fingerprint density at radius 1 is 1.40 bits per heavy atom. The Hall–Kier alpha value is -0.0900. The van der Waals surface area contributed by atoms with Crippen LogP contribution in [0.2, 0.25) is 0 Å². The number of amides is 1. The largest absolute Gasteiger partial charge is 0.395 e. The van der Waals surface area contributed by atoms with Gasteiger partial charge in [-0.2, -0.15) is 0 Å². The Balaban J connectivity index is 2.29. The predicted molar refractivity (Wildman–Crippen MR) is 64.1 cm³/mol. The van der Waals surface area contributed by atoms with E-state index in [1.807, 2.05) is 4.90 Å².